The van der Waals surface area contributed by atoms with Crippen LogP contribution in [0.5, 0.6) is 5.75 Å². The van der Waals surface area contributed by atoms with Crippen molar-refractivity contribution in [1.82, 2.24) is 35.5 Å². The number of benzene rings is 1. The van der Waals surface area contributed by atoms with E-state index in [4.69, 9.17) is 0 Å². The van der Waals surface area contributed by atoms with Gasteiger partial charge in [-0.2, -0.15) is 0 Å². The number of hydrogen-bond acceptors (Lipinski definition) is 10. The van der Waals surface area contributed by atoms with Gasteiger partial charge in [-0.15, -0.1) is 35.0 Å². The normalized spacial score (nSPS) is 18.0. The standard InChI is InChI=1S/C21H22N8OS.2ClH/c1-11-7-22-18-20(25-11)31-19(26-18)14-4-5-15(17(30)6-14)16-8-23-21(28-27-16)29-9-12(2)24-13(3)10-29;;/h4-8,12-13,24,30H,9-10H2,1-3H3;2*1H/t12-,13+;;. The van der Waals surface area contributed by atoms with Crippen LogP contribution in [0.2, 0.25) is 0 Å². The van der Waals surface area contributed by atoms with Crippen molar-refractivity contribution in [3.63, 3.8) is 0 Å². The minimum Gasteiger partial charge on any atom is -0.507 e. The number of aromatic nitrogens is 6. The van der Waals surface area contributed by atoms with Gasteiger partial charge in [0.05, 0.1) is 18.1 Å². The number of aryl methyl sites for hydroxylation is 1. The van der Waals surface area contributed by atoms with Crippen LogP contribution < -0.4 is 10.2 Å². The van der Waals surface area contributed by atoms with Crippen LogP contribution in [0.15, 0.2) is 30.6 Å². The molecule has 0 amide bonds. The highest BCUT2D eigenvalue weighted by molar-refractivity contribution is 7.21. The lowest BCUT2D eigenvalue weighted by molar-refractivity contribution is 0.402. The Morgan fingerprint density at radius 3 is 2.45 bits per heavy atom. The van der Waals surface area contributed by atoms with Crippen LogP contribution in [-0.4, -0.2) is 60.4 Å². The number of fused-ring (bicyclic) bond motifs is 1. The van der Waals surface area contributed by atoms with E-state index in [-0.39, 0.29) is 30.6 Å². The number of nitrogens with zero attached hydrogens (tertiary/aromatic N) is 7. The van der Waals surface area contributed by atoms with Crippen LogP contribution in [-0.2, 0) is 0 Å². The Morgan fingerprint density at radius 2 is 1.79 bits per heavy atom. The Hall–Kier alpha value is -2.66. The summed E-state index contributed by atoms with van der Waals surface area (Å²) in [6.07, 6.45) is 3.35. The molecular formula is C21H24Cl2N8OS. The highest BCUT2D eigenvalue weighted by Gasteiger charge is 2.23. The van der Waals surface area contributed by atoms with Crippen molar-refractivity contribution < 1.29 is 5.11 Å². The third-order valence-electron chi connectivity index (χ3n) is 5.15. The van der Waals surface area contributed by atoms with Gasteiger partial charge in [0.25, 0.3) is 0 Å². The lowest BCUT2D eigenvalue weighted by Gasteiger charge is -2.35. The molecule has 174 valence electrons. The summed E-state index contributed by atoms with van der Waals surface area (Å²) in [5.41, 5.74) is 3.35. The summed E-state index contributed by atoms with van der Waals surface area (Å²) in [5, 5.41) is 23.5. The van der Waals surface area contributed by atoms with E-state index in [1.54, 1.807) is 18.5 Å². The predicted molar refractivity (Wildman–Crippen MR) is 135 cm³/mol. The molecule has 33 heavy (non-hydrogen) atoms. The van der Waals surface area contributed by atoms with Gasteiger partial charge in [0.2, 0.25) is 5.95 Å². The summed E-state index contributed by atoms with van der Waals surface area (Å²) >= 11 is 1.45. The van der Waals surface area contributed by atoms with Crippen molar-refractivity contribution in [2.75, 3.05) is 18.0 Å². The molecule has 0 spiro atoms. The first-order valence-corrected chi connectivity index (χ1v) is 10.9. The molecule has 12 heteroatoms. The molecule has 3 aromatic heterocycles. The van der Waals surface area contributed by atoms with E-state index in [1.807, 2.05) is 19.1 Å². The van der Waals surface area contributed by atoms with Crippen molar-refractivity contribution >= 4 is 52.6 Å². The molecule has 4 aromatic rings. The molecule has 4 heterocycles. The fourth-order valence-electron chi connectivity index (χ4n) is 3.84. The summed E-state index contributed by atoms with van der Waals surface area (Å²) < 4.78 is 0. The highest BCUT2D eigenvalue weighted by Crippen LogP contribution is 2.35. The van der Waals surface area contributed by atoms with Crippen molar-refractivity contribution in [3.8, 4) is 27.6 Å². The zero-order valence-electron chi connectivity index (χ0n) is 18.3. The van der Waals surface area contributed by atoms with Crippen molar-refractivity contribution in [2.45, 2.75) is 32.9 Å². The molecule has 2 atom stereocenters. The number of phenolic OH excluding ortho intramolecular Hbond substituents is 1. The molecule has 0 aliphatic carbocycles. The minimum atomic E-state index is 0. The van der Waals surface area contributed by atoms with Crippen LogP contribution >= 0.6 is 36.2 Å². The molecular weight excluding hydrogens is 483 g/mol. The Morgan fingerprint density at radius 1 is 1.03 bits per heavy atom. The van der Waals surface area contributed by atoms with E-state index in [0.29, 0.717) is 34.9 Å². The fraction of sp³-hybridized carbons (Fsp3) is 0.333. The third kappa shape index (κ3) is 5.14. The van der Waals surface area contributed by atoms with Gasteiger partial charge < -0.3 is 15.3 Å². The van der Waals surface area contributed by atoms with Crippen LogP contribution in [0.25, 0.3) is 32.3 Å². The average Bonchev–Trinajstić information content (AvgIpc) is 3.16. The number of halogens is 2. The Labute approximate surface area is 207 Å². The molecule has 1 saturated heterocycles. The Balaban J connectivity index is 0.00000153. The van der Waals surface area contributed by atoms with Crippen molar-refractivity contribution in [3.05, 3.63) is 36.3 Å². The van der Waals surface area contributed by atoms with Crippen LogP contribution in [0.4, 0.5) is 5.95 Å². The molecule has 1 fully saturated rings. The lowest BCUT2D eigenvalue weighted by atomic mass is 10.1. The van der Waals surface area contributed by atoms with Gasteiger partial charge in [-0.25, -0.2) is 19.9 Å². The largest absolute Gasteiger partial charge is 0.507 e. The fourth-order valence-corrected chi connectivity index (χ4v) is 4.78. The van der Waals surface area contributed by atoms with Crippen molar-refractivity contribution in [1.29, 1.82) is 0 Å². The lowest BCUT2D eigenvalue weighted by Crippen LogP contribution is -2.54. The maximum absolute atomic E-state index is 10.6. The second kappa shape index (κ2) is 10.1. The maximum Gasteiger partial charge on any atom is 0.245 e. The molecule has 5 rings (SSSR count). The van der Waals surface area contributed by atoms with E-state index in [1.165, 1.54) is 11.3 Å². The Kier molecular flexibility index (Phi) is 7.63. The number of aromatic hydroxyl groups is 1. The number of hydrogen-bond donors (Lipinski definition) is 2. The first-order chi connectivity index (χ1) is 15.0. The van der Waals surface area contributed by atoms with Crippen LogP contribution in [0, 0.1) is 6.92 Å². The summed E-state index contributed by atoms with van der Waals surface area (Å²) in [7, 11) is 0. The molecule has 2 N–H and O–H groups in total. The van der Waals surface area contributed by atoms with Gasteiger partial charge in [0.15, 0.2) is 10.5 Å². The number of phenols is 1. The number of rotatable bonds is 3. The predicted octanol–water partition coefficient (Wildman–Crippen LogP) is 3.65. The minimum absolute atomic E-state index is 0. The number of anilines is 1. The Bertz CT molecular complexity index is 1240. The SMILES string of the molecule is Cc1cnc2nc(-c3ccc(-c4cnc(N5C[C@@H](C)N[C@@H](C)C5)nn4)c(O)c3)sc2n1.Cl.Cl. The van der Waals surface area contributed by atoms with Crippen LogP contribution in [0.1, 0.15) is 19.5 Å². The zero-order chi connectivity index (χ0) is 21.5. The second-order valence-corrected chi connectivity index (χ2v) is 8.89. The highest BCUT2D eigenvalue weighted by atomic mass is 35.5. The van der Waals surface area contributed by atoms with Gasteiger partial charge in [-0.3, -0.25) is 0 Å². The van der Waals surface area contributed by atoms with Gasteiger partial charge in [-0.05, 0) is 32.9 Å². The molecule has 0 bridgehead atoms. The van der Waals surface area contributed by atoms with Gasteiger partial charge in [-0.1, -0.05) is 17.4 Å². The number of nitrogens with one attached hydrogen (secondary N) is 1. The summed E-state index contributed by atoms with van der Waals surface area (Å²) in [6, 6.07) is 6.11. The molecule has 0 radical (unpaired) electrons. The molecule has 0 saturated carbocycles. The van der Waals surface area contributed by atoms with E-state index in [9.17, 15) is 5.11 Å². The smallest absolute Gasteiger partial charge is 0.245 e. The van der Waals surface area contributed by atoms with Gasteiger partial charge >= 0.3 is 0 Å². The number of piperazine rings is 1. The molecule has 0 unspecified atom stereocenters. The zero-order valence-corrected chi connectivity index (χ0v) is 20.7. The average molecular weight is 507 g/mol. The van der Waals surface area contributed by atoms with Crippen LogP contribution in [0.3, 0.4) is 0 Å². The van der Waals surface area contributed by atoms with E-state index in [0.717, 1.165) is 34.2 Å². The van der Waals surface area contributed by atoms with E-state index < -0.39 is 0 Å². The first kappa shape index (κ1) is 25.0. The monoisotopic (exact) mass is 506 g/mol. The van der Waals surface area contributed by atoms with Gasteiger partial charge in [0.1, 0.15) is 16.5 Å². The molecule has 9 nitrogen and oxygen atoms in total. The third-order valence-corrected chi connectivity index (χ3v) is 6.14. The second-order valence-electron chi connectivity index (χ2n) is 7.91. The molecule has 1 aromatic carbocycles. The summed E-state index contributed by atoms with van der Waals surface area (Å²) in [6.45, 7) is 7.84. The number of thiazole rings is 1. The molecule has 1 aliphatic heterocycles. The molecule has 1 aliphatic rings. The van der Waals surface area contributed by atoms with E-state index in [2.05, 4.69) is 54.2 Å². The maximum atomic E-state index is 10.6. The summed E-state index contributed by atoms with van der Waals surface area (Å²) in [4.78, 5) is 20.7. The topological polar surface area (TPSA) is 113 Å². The summed E-state index contributed by atoms with van der Waals surface area (Å²) in [5.74, 6) is 0.701. The van der Waals surface area contributed by atoms with Gasteiger partial charge in [0, 0.05) is 36.3 Å². The van der Waals surface area contributed by atoms with Crippen molar-refractivity contribution in [2.24, 2.45) is 0 Å². The first-order valence-electron chi connectivity index (χ1n) is 10.1. The quantitative estimate of drug-likeness (QED) is 0.429. The van der Waals surface area contributed by atoms with E-state index >= 15 is 0 Å².